The molecule has 1 amide bonds. The van der Waals surface area contributed by atoms with Crippen molar-refractivity contribution in [3.8, 4) is 0 Å². The molecule has 1 aliphatic rings. The third kappa shape index (κ3) is 3.64. The largest absolute Gasteiger partial charge is 0.350 e. The van der Waals surface area contributed by atoms with Gasteiger partial charge >= 0.3 is 0 Å². The van der Waals surface area contributed by atoms with Gasteiger partial charge in [-0.05, 0) is 38.7 Å². The number of nitrogens with two attached hydrogens (primary N) is 1. The van der Waals surface area contributed by atoms with Crippen molar-refractivity contribution in [2.75, 3.05) is 6.54 Å². The molecule has 0 aromatic carbocycles. The molecule has 5 nitrogen and oxygen atoms in total. The zero-order valence-electron chi connectivity index (χ0n) is 11.4. The van der Waals surface area contributed by atoms with Crippen molar-refractivity contribution >= 4 is 18.3 Å². The zero-order valence-corrected chi connectivity index (χ0v) is 12.2. The minimum atomic E-state index is -0.197. The van der Waals surface area contributed by atoms with Crippen molar-refractivity contribution < 1.29 is 4.79 Å². The van der Waals surface area contributed by atoms with Gasteiger partial charge in [-0.15, -0.1) is 12.4 Å². The fraction of sp³-hybridized carbons (Fsp3) is 0.615. The van der Waals surface area contributed by atoms with Gasteiger partial charge in [0.2, 0.25) is 0 Å². The SMILES string of the molecule is CCc1nnc(C)cc1C(=O)NCC1(N)CCC1.Cl. The maximum Gasteiger partial charge on any atom is 0.253 e. The van der Waals surface area contributed by atoms with Crippen LogP contribution in [-0.4, -0.2) is 28.2 Å². The Labute approximate surface area is 119 Å². The molecule has 0 spiro atoms. The first-order valence-corrected chi connectivity index (χ1v) is 6.44. The molecule has 6 heteroatoms. The lowest BCUT2D eigenvalue weighted by molar-refractivity contribution is 0.0928. The number of nitrogens with one attached hydrogen (secondary N) is 1. The lowest BCUT2D eigenvalue weighted by Crippen LogP contribution is -2.55. The molecule has 0 unspecified atom stereocenters. The van der Waals surface area contributed by atoms with Gasteiger partial charge in [-0.1, -0.05) is 6.92 Å². The Morgan fingerprint density at radius 2 is 2.16 bits per heavy atom. The van der Waals surface area contributed by atoms with Crippen LogP contribution in [0.3, 0.4) is 0 Å². The predicted octanol–water partition coefficient (Wildman–Crippen LogP) is 1.38. The molecule has 1 aromatic rings. The molecule has 0 radical (unpaired) electrons. The van der Waals surface area contributed by atoms with E-state index in [0.29, 0.717) is 18.5 Å². The summed E-state index contributed by atoms with van der Waals surface area (Å²) in [5.74, 6) is -0.0958. The van der Waals surface area contributed by atoms with Gasteiger partial charge < -0.3 is 11.1 Å². The Hall–Kier alpha value is -1.20. The monoisotopic (exact) mass is 284 g/mol. The molecule has 0 bridgehead atoms. The van der Waals surface area contributed by atoms with Gasteiger partial charge in [0, 0.05) is 12.1 Å². The normalized spacial score (nSPS) is 16.2. The molecular formula is C13H21ClN4O. The lowest BCUT2D eigenvalue weighted by Gasteiger charge is -2.38. The van der Waals surface area contributed by atoms with Crippen LogP contribution >= 0.6 is 12.4 Å². The van der Waals surface area contributed by atoms with E-state index >= 15 is 0 Å². The molecular weight excluding hydrogens is 264 g/mol. The third-order valence-corrected chi connectivity index (χ3v) is 3.52. The highest BCUT2D eigenvalue weighted by molar-refractivity contribution is 5.95. The van der Waals surface area contributed by atoms with E-state index < -0.39 is 0 Å². The highest BCUT2D eigenvalue weighted by Crippen LogP contribution is 2.28. The van der Waals surface area contributed by atoms with Crippen LogP contribution in [0.1, 0.15) is 47.9 Å². The minimum Gasteiger partial charge on any atom is -0.350 e. The molecule has 1 saturated carbocycles. The van der Waals surface area contributed by atoms with E-state index in [1.165, 1.54) is 0 Å². The molecule has 2 rings (SSSR count). The summed E-state index contributed by atoms with van der Waals surface area (Å²) >= 11 is 0. The van der Waals surface area contributed by atoms with Gasteiger partial charge in [-0.2, -0.15) is 10.2 Å². The molecule has 1 fully saturated rings. The standard InChI is InChI=1S/C13H20N4O.ClH/c1-3-11-10(7-9(2)16-17-11)12(18)15-8-13(14)5-4-6-13;/h7H,3-6,8,14H2,1-2H3,(H,15,18);1H. The van der Waals surface area contributed by atoms with Crippen LogP contribution in [-0.2, 0) is 6.42 Å². The number of aryl methyl sites for hydroxylation is 2. The average Bonchev–Trinajstić information content (AvgIpc) is 2.33. The Bertz CT molecular complexity index is 460. The molecule has 1 aliphatic carbocycles. The van der Waals surface area contributed by atoms with Crippen LogP contribution in [0.25, 0.3) is 0 Å². The van der Waals surface area contributed by atoms with Crippen LogP contribution in [0, 0.1) is 6.92 Å². The van der Waals surface area contributed by atoms with Gasteiger partial charge in [0.1, 0.15) is 0 Å². The summed E-state index contributed by atoms with van der Waals surface area (Å²) in [6, 6.07) is 1.78. The van der Waals surface area contributed by atoms with E-state index in [1.807, 2.05) is 13.8 Å². The fourth-order valence-corrected chi connectivity index (χ4v) is 2.13. The van der Waals surface area contributed by atoms with E-state index in [-0.39, 0.29) is 23.9 Å². The van der Waals surface area contributed by atoms with Crippen molar-refractivity contribution in [1.82, 2.24) is 15.5 Å². The fourth-order valence-electron chi connectivity index (χ4n) is 2.13. The van der Waals surface area contributed by atoms with Gasteiger partial charge in [-0.25, -0.2) is 0 Å². The van der Waals surface area contributed by atoms with Crippen molar-refractivity contribution in [2.24, 2.45) is 5.73 Å². The maximum absolute atomic E-state index is 12.1. The number of rotatable bonds is 4. The maximum atomic E-state index is 12.1. The predicted molar refractivity (Wildman–Crippen MR) is 76.5 cm³/mol. The van der Waals surface area contributed by atoms with E-state index in [2.05, 4.69) is 15.5 Å². The van der Waals surface area contributed by atoms with Crippen molar-refractivity contribution in [3.63, 3.8) is 0 Å². The molecule has 19 heavy (non-hydrogen) atoms. The number of halogens is 1. The summed E-state index contributed by atoms with van der Waals surface area (Å²) in [5.41, 5.74) is 8.00. The number of carbonyl (C=O) groups excluding carboxylic acids is 1. The Kier molecular flexibility index (Phi) is 5.26. The highest BCUT2D eigenvalue weighted by atomic mass is 35.5. The van der Waals surface area contributed by atoms with E-state index in [1.54, 1.807) is 6.07 Å². The van der Waals surface area contributed by atoms with Crippen LogP contribution in [0.2, 0.25) is 0 Å². The first-order valence-electron chi connectivity index (χ1n) is 6.44. The number of hydrogen-bond acceptors (Lipinski definition) is 4. The molecule has 1 aromatic heterocycles. The van der Waals surface area contributed by atoms with Crippen molar-refractivity contribution in [3.05, 3.63) is 23.0 Å². The Morgan fingerprint density at radius 1 is 1.47 bits per heavy atom. The second kappa shape index (κ2) is 6.30. The van der Waals surface area contributed by atoms with Crippen LogP contribution in [0.4, 0.5) is 0 Å². The van der Waals surface area contributed by atoms with E-state index in [0.717, 1.165) is 30.7 Å². The molecule has 0 atom stereocenters. The smallest absolute Gasteiger partial charge is 0.253 e. The second-order valence-corrected chi connectivity index (χ2v) is 5.10. The number of carbonyl (C=O) groups is 1. The van der Waals surface area contributed by atoms with Gasteiger partial charge in [0.25, 0.3) is 5.91 Å². The van der Waals surface area contributed by atoms with Gasteiger partial charge in [0.05, 0.1) is 17.0 Å². The van der Waals surface area contributed by atoms with Crippen LogP contribution < -0.4 is 11.1 Å². The Balaban J connectivity index is 0.00000180. The molecule has 106 valence electrons. The Morgan fingerprint density at radius 3 is 2.68 bits per heavy atom. The summed E-state index contributed by atoms with van der Waals surface area (Å²) in [4.78, 5) is 12.1. The quantitative estimate of drug-likeness (QED) is 0.875. The lowest BCUT2D eigenvalue weighted by atomic mass is 9.78. The van der Waals surface area contributed by atoms with E-state index in [4.69, 9.17) is 5.73 Å². The summed E-state index contributed by atoms with van der Waals surface area (Å²) in [6.45, 7) is 4.34. The summed E-state index contributed by atoms with van der Waals surface area (Å²) in [7, 11) is 0. The van der Waals surface area contributed by atoms with Crippen molar-refractivity contribution in [2.45, 2.75) is 45.1 Å². The van der Waals surface area contributed by atoms with Crippen LogP contribution in [0.5, 0.6) is 0 Å². The molecule has 0 aliphatic heterocycles. The van der Waals surface area contributed by atoms with Gasteiger partial charge in [-0.3, -0.25) is 4.79 Å². The van der Waals surface area contributed by atoms with E-state index in [9.17, 15) is 4.79 Å². The zero-order chi connectivity index (χ0) is 13.2. The first-order chi connectivity index (χ1) is 8.54. The van der Waals surface area contributed by atoms with Gasteiger partial charge in [0.15, 0.2) is 0 Å². The molecule has 3 N–H and O–H groups in total. The summed E-state index contributed by atoms with van der Waals surface area (Å²) < 4.78 is 0. The minimum absolute atomic E-state index is 0. The molecule has 0 saturated heterocycles. The second-order valence-electron chi connectivity index (χ2n) is 5.10. The van der Waals surface area contributed by atoms with Crippen LogP contribution in [0.15, 0.2) is 6.07 Å². The topological polar surface area (TPSA) is 80.9 Å². The summed E-state index contributed by atoms with van der Waals surface area (Å²) in [5, 5.41) is 10.9. The number of aromatic nitrogens is 2. The number of hydrogen-bond donors (Lipinski definition) is 2. The summed E-state index contributed by atoms with van der Waals surface area (Å²) in [6.07, 6.45) is 3.83. The molecule has 1 heterocycles. The number of amides is 1. The highest BCUT2D eigenvalue weighted by Gasteiger charge is 2.32. The number of nitrogens with zero attached hydrogens (tertiary/aromatic N) is 2. The third-order valence-electron chi connectivity index (χ3n) is 3.52. The first kappa shape index (κ1) is 15.9. The average molecular weight is 285 g/mol. The van der Waals surface area contributed by atoms with Crippen molar-refractivity contribution in [1.29, 1.82) is 0 Å².